The first-order chi connectivity index (χ1) is 10.2. The molecule has 3 saturated heterocycles. The molecule has 3 N–H and O–H groups in total. The Balaban J connectivity index is 1.57. The maximum Gasteiger partial charge on any atom is 0.315 e. The monoisotopic (exact) mass is 314 g/mol. The van der Waals surface area contributed by atoms with Crippen LogP contribution < -0.4 is 16.0 Å². The van der Waals surface area contributed by atoms with Gasteiger partial charge in [-0.1, -0.05) is 0 Å². The fraction of sp³-hybridized carbons (Fsp3) is 0.846. The van der Waals surface area contributed by atoms with Gasteiger partial charge in [0.1, 0.15) is 6.04 Å². The van der Waals surface area contributed by atoms with Crippen molar-refractivity contribution < 1.29 is 14.3 Å². The lowest BCUT2D eigenvalue weighted by molar-refractivity contribution is -0.123. The maximum atomic E-state index is 12.2. The highest BCUT2D eigenvalue weighted by atomic mass is 32.2. The van der Waals surface area contributed by atoms with E-state index in [1.54, 1.807) is 0 Å². The van der Waals surface area contributed by atoms with Gasteiger partial charge in [-0.05, 0) is 12.2 Å². The normalized spacial score (nSPS) is 33.5. The summed E-state index contributed by atoms with van der Waals surface area (Å²) in [4.78, 5) is 25.7. The molecule has 3 amide bonds. The van der Waals surface area contributed by atoms with Gasteiger partial charge < -0.3 is 20.7 Å². The Kier molecular flexibility index (Phi) is 4.56. The third-order valence-corrected chi connectivity index (χ3v) is 5.68. The summed E-state index contributed by atoms with van der Waals surface area (Å²) < 4.78 is 5.43. The van der Waals surface area contributed by atoms with Gasteiger partial charge >= 0.3 is 6.03 Å². The largest absolute Gasteiger partial charge is 0.379 e. The molecule has 7 nitrogen and oxygen atoms in total. The summed E-state index contributed by atoms with van der Waals surface area (Å²) in [7, 11) is 0. The van der Waals surface area contributed by atoms with Crippen molar-refractivity contribution in [2.45, 2.75) is 18.0 Å². The predicted octanol–water partition coefficient (Wildman–Crippen LogP) is -1.01. The summed E-state index contributed by atoms with van der Waals surface area (Å²) in [6.45, 7) is 4.40. The van der Waals surface area contributed by atoms with Crippen LogP contribution in [0.25, 0.3) is 0 Å². The Labute approximate surface area is 128 Å². The lowest BCUT2D eigenvalue weighted by Gasteiger charge is -2.43. The summed E-state index contributed by atoms with van der Waals surface area (Å²) in [5.41, 5.74) is 0.0418. The minimum absolute atomic E-state index is 0.0418. The quantitative estimate of drug-likeness (QED) is 0.619. The predicted molar refractivity (Wildman–Crippen MR) is 80.4 cm³/mol. The van der Waals surface area contributed by atoms with Crippen molar-refractivity contribution in [1.29, 1.82) is 0 Å². The molecular formula is C13H22N4O3S. The van der Waals surface area contributed by atoms with E-state index in [1.807, 2.05) is 11.8 Å². The second-order valence-corrected chi connectivity index (χ2v) is 6.86. The van der Waals surface area contributed by atoms with Crippen molar-refractivity contribution in [2.75, 3.05) is 50.9 Å². The molecule has 2 atom stereocenters. The Morgan fingerprint density at radius 2 is 2.29 bits per heavy atom. The van der Waals surface area contributed by atoms with E-state index in [2.05, 4.69) is 20.9 Å². The van der Waals surface area contributed by atoms with E-state index in [-0.39, 0.29) is 17.5 Å². The SMILES string of the molecule is O=C1NC[C@@H](C(=O)NC[C@]2(N3CCOCC3)CCSC2)N1. The molecule has 0 unspecified atom stereocenters. The van der Waals surface area contributed by atoms with Gasteiger partial charge in [0.15, 0.2) is 0 Å². The van der Waals surface area contributed by atoms with Gasteiger partial charge in [-0.3, -0.25) is 9.69 Å². The number of thioether (sulfide) groups is 1. The highest BCUT2D eigenvalue weighted by Crippen LogP contribution is 2.33. The summed E-state index contributed by atoms with van der Waals surface area (Å²) >= 11 is 1.94. The number of nitrogens with zero attached hydrogens (tertiary/aromatic N) is 1. The first-order valence-corrected chi connectivity index (χ1v) is 8.58. The molecular weight excluding hydrogens is 292 g/mol. The third-order valence-electron chi connectivity index (χ3n) is 4.44. The van der Waals surface area contributed by atoms with Crippen molar-refractivity contribution in [3.8, 4) is 0 Å². The van der Waals surface area contributed by atoms with Crippen molar-refractivity contribution in [3.63, 3.8) is 0 Å². The lowest BCUT2D eigenvalue weighted by Crippen LogP contribution is -2.60. The highest BCUT2D eigenvalue weighted by molar-refractivity contribution is 7.99. The molecule has 8 heteroatoms. The Morgan fingerprint density at radius 3 is 2.90 bits per heavy atom. The minimum Gasteiger partial charge on any atom is -0.379 e. The molecule has 0 aliphatic carbocycles. The summed E-state index contributed by atoms with van der Waals surface area (Å²) in [6, 6.07) is -0.720. The zero-order chi connectivity index (χ0) is 14.7. The minimum atomic E-state index is -0.451. The smallest absolute Gasteiger partial charge is 0.315 e. The van der Waals surface area contributed by atoms with E-state index < -0.39 is 6.04 Å². The molecule has 3 rings (SSSR count). The zero-order valence-electron chi connectivity index (χ0n) is 12.0. The molecule has 0 saturated carbocycles. The number of hydrogen-bond acceptors (Lipinski definition) is 5. The van der Waals surface area contributed by atoms with Gasteiger partial charge in [0, 0.05) is 37.5 Å². The van der Waals surface area contributed by atoms with Crippen LogP contribution in [0, 0.1) is 0 Å². The standard InChI is InChI=1S/C13H22N4O3S/c18-11(10-7-14-12(19)16-10)15-8-13(1-6-21-9-13)17-2-4-20-5-3-17/h10H,1-9H2,(H,15,18)(H2,14,16,19)/t10-,13+/m0/s1. The Bertz CT molecular complexity index is 408. The van der Waals surface area contributed by atoms with E-state index in [0.29, 0.717) is 13.1 Å². The van der Waals surface area contributed by atoms with Crippen LogP contribution in [0.5, 0.6) is 0 Å². The van der Waals surface area contributed by atoms with Crippen LogP contribution in [0.2, 0.25) is 0 Å². The van der Waals surface area contributed by atoms with Crippen molar-refractivity contribution >= 4 is 23.7 Å². The van der Waals surface area contributed by atoms with E-state index in [1.165, 1.54) is 0 Å². The van der Waals surface area contributed by atoms with Crippen LogP contribution >= 0.6 is 11.8 Å². The number of rotatable bonds is 4. The van der Waals surface area contributed by atoms with Crippen LogP contribution in [0.3, 0.4) is 0 Å². The van der Waals surface area contributed by atoms with Gasteiger partial charge in [-0.2, -0.15) is 11.8 Å². The topological polar surface area (TPSA) is 82.7 Å². The summed E-state index contributed by atoms with van der Waals surface area (Å²) in [6.07, 6.45) is 1.09. The molecule has 3 aliphatic heterocycles. The second-order valence-electron chi connectivity index (χ2n) is 5.75. The van der Waals surface area contributed by atoms with Gasteiger partial charge in [0.05, 0.1) is 13.2 Å². The molecule has 3 heterocycles. The lowest BCUT2D eigenvalue weighted by atomic mass is 9.95. The molecule has 3 fully saturated rings. The molecule has 3 aliphatic rings. The van der Waals surface area contributed by atoms with E-state index >= 15 is 0 Å². The number of urea groups is 1. The van der Waals surface area contributed by atoms with Crippen molar-refractivity contribution in [3.05, 3.63) is 0 Å². The van der Waals surface area contributed by atoms with Gasteiger partial charge in [0.2, 0.25) is 5.91 Å². The first-order valence-electron chi connectivity index (χ1n) is 7.42. The fourth-order valence-corrected chi connectivity index (χ4v) is 4.60. The molecule has 118 valence electrons. The Morgan fingerprint density at radius 1 is 1.48 bits per heavy atom. The molecule has 0 spiro atoms. The van der Waals surface area contributed by atoms with Gasteiger partial charge in [-0.15, -0.1) is 0 Å². The molecule has 0 aromatic carbocycles. The van der Waals surface area contributed by atoms with Crippen LogP contribution in [0.15, 0.2) is 0 Å². The number of carbonyl (C=O) groups excluding carboxylic acids is 2. The second kappa shape index (κ2) is 6.41. The van der Waals surface area contributed by atoms with Crippen LogP contribution in [-0.2, 0) is 9.53 Å². The van der Waals surface area contributed by atoms with E-state index in [0.717, 1.165) is 44.2 Å². The van der Waals surface area contributed by atoms with Gasteiger partial charge in [0.25, 0.3) is 0 Å². The maximum absolute atomic E-state index is 12.2. The van der Waals surface area contributed by atoms with Crippen molar-refractivity contribution in [2.24, 2.45) is 0 Å². The average molecular weight is 314 g/mol. The molecule has 0 aromatic heterocycles. The molecule has 0 radical (unpaired) electrons. The molecule has 0 bridgehead atoms. The highest BCUT2D eigenvalue weighted by Gasteiger charge is 2.41. The summed E-state index contributed by atoms with van der Waals surface area (Å²) in [5, 5.41) is 8.27. The van der Waals surface area contributed by atoms with Crippen LogP contribution in [0.1, 0.15) is 6.42 Å². The number of carbonyl (C=O) groups is 2. The number of nitrogens with one attached hydrogen (secondary N) is 3. The van der Waals surface area contributed by atoms with Gasteiger partial charge in [-0.25, -0.2) is 4.79 Å². The number of hydrogen-bond donors (Lipinski definition) is 3. The number of morpholine rings is 1. The number of ether oxygens (including phenoxy) is 1. The third kappa shape index (κ3) is 3.27. The summed E-state index contributed by atoms with van der Waals surface area (Å²) in [5.74, 6) is 2.08. The van der Waals surface area contributed by atoms with E-state index in [9.17, 15) is 9.59 Å². The zero-order valence-corrected chi connectivity index (χ0v) is 12.8. The fourth-order valence-electron chi connectivity index (χ4n) is 3.12. The van der Waals surface area contributed by atoms with Crippen LogP contribution in [0.4, 0.5) is 4.79 Å². The van der Waals surface area contributed by atoms with Crippen molar-refractivity contribution in [1.82, 2.24) is 20.9 Å². The molecule has 21 heavy (non-hydrogen) atoms. The number of amides is 3. The van der Waals surface area contributed by atoms with Crippen LogP contribution in [-0.4, -0.2) is 79.3 Å². The van der Waals surface area contributed by atoms with E-state index in [4.69, 9.17) is 4.74 Å². The Hall–Kier alpha value is -0.990. The molecule has 0 aromatic rings. The average Bonchev–Trinajstić information content (AvgIpc) is 3.16. The first kappa shape index (κ1) is 14.9.